The minimum atomic E-state index is -0.260. The molecule has 1 aromatic heterocycles. The molecule has 0 aliphatic rings. The predicted octanol–water partition coefficient (Wildman–Crippen LogP) is -0.929. The highest BCUT2D eigenvalue weighted by molar-refractivity contribution is 8.00. The summed E-state index contributed by atoms with van der Waals surface area (Å²) in [6.07, 6.45) is 0.667. The Labute approximate surface area is 85.4 Å². The maximum Gasteiger partial charge on any atom is 0.247 e. The number of amides is 1. The number of nitrogens with two attached hydrogens (primary N) is 1. The quantitative estimate of drug-likeness (QED) is 0.292. The van der Waals surface area contributed by atoms with E-state index in [4.69, 9.17) is 5.84 Å². The van der Waals surface area contributed by atoms with Crippen LogP contribution in [0.15, 0.2) is 5.16 Å². The summed E-state index contributed by atoms with van der Waals surface area (Å²) < 4.78 is 1.51. The van der Waals surface area contributed by atoms with E-state index in [0.29, 0.717) is 11.6 Å². The van der Waals surface area contributed by atoms with E-state index in [1.165, 1.54) is 16.4 Å². The molecule has 78 valence electrons. The Kier molecular flexibility index (Phi) is 3.84. The summed E-state index contributed by atoms with van der Waals surface area (Å²) >= 11 is 1.29. The van der Waals surface area contributed by atoms with Crippen LogP contribution in [0.1, 0.15) is 13.3 Å². The Balaban J connectivity index is 2.66. The number of nitrogens with one attached hydrogen (secondary N) is 1. The van der Waals surface area contributed by atoms with Gasteiger partial charge in [-0.05, 0) is 16.8 Å². The van der Waals surface area contributed by atoms with Gasteiger partial charge in [-0.2, -0.15) is 0 Å². The second-order valence-corrected chi connectivity index (χ2v) is 3.78. The van der Waals surface area contributed by atoms with E-state index in [9.17, 15) is 4.79 Å². The molecule has 0 aromatic carbocycles. The monoisotopic (exact) mass is 216 g/mol. The van der Waals surface area contributed by atoms with Gasteiger partial charge in [0.1, 0.15) is 0 Å². The van der Waals surface area contributed by atoms with Gasteiger partial charge in [-0.3, -0.25) is 10.2 Å². The van der Waals surface area contributed by atoms with Crippen molar-refractivity contribution in [2.75, 3.05) is 0 Å². The number of aromatic nitrogens is 4. The van der Waals surface area contributed by atoms with E-state index in [2.05, 4.69) is 21.0 Å². The molecule has 1 amide bonds. The molecule has 8 heteroatoms. The lowest BCUT2D eigenvalue weighted by atomic mass is 10.3. The Hall–Kier alpha value is -1.15. The van der Waals surface area contributed by atoms with Gasteiger partial charge in [-0.15, -0.1) is 5.10 Å². The molecule has 0 fully saturated rings. The Morgan fingerprint density at radius 1 is 1.79 bits per heavy atom. The number of aryl methyl sites for hydroxylation is 1. The fraction of sp³-hybridized carbons (Fsp3) is 0.667. The van der Waals surface area contributed by atoms with Gasteiger partial charge in [0, 0.05) is 7.05 Å². The molecule has 0 aliphatic heterocycles. The number of rotatable bonds is 4. The standard InChI is InChI=1S/C6H12N6OS/c1-3-4(5(13)8-7)14-6-9-10-11-12(6)2/h4H,3,7H2,1-2H3,(H,8,13). The van der Waals surface area contributed by atoms with Gasteiger partial charge < -0.3 is 0 Å². The molecule has 3 N–H and O–H groups in total. The number of hydrazine groups is 1. The van der Waals surface area contributed by atoms with E-state index < -0.39 is 0 Å². The summed E-state index contributed by atoms with van der Waals surface area (Å²) in [5.74, 6) is 4.82. The lowest BCUT2D eigenvalue weighted by molar-refractivity contribution is -0.120. The van der Waals surface area contributed by atoms with Gasteiger partial charge in [-0.1, -0.05) is 18.7 Å². The number of tetrazole rings is 1. The molecular weight excluding hydrogens is 204 g/mol. The zero-order chi connectivity index (χ0) is 10.6. The van der Waals surface area contributed by atoms with Crippen LogP contribution in [0.5, 0.6) is 0 Å². The Bertz CT molecular complexity index is 313. The van der Waals surface area contributed by atoms with Gasteiger partial charge in [0.05, 0.1) is 5.25 Å². The van der Waals surface area contributed by atoms with Crippen molar-refractivity contribution in [3.8, 4) is 0 Å². The van der Waals surface area contributed by atoms with Crippen molar-refractivity contribution in [3.63, 3.8) is 0 Å². The third-order valence-electron chi connectivity index (χ3n) is 1.63. The molecule has 1 rings (SSSR count). The lowest BCUT2D eigenvalue weighted by Crippen LogP contribution is -2.37. The first kappa shape index (κ1) is 10.9. The molecule has 0 saturated heterocycles. The van der Waals surface area contributed by atoms with Crippen LogP contribution >= 0.6 is 11.8 Å². The largest absolute Gasteiger partial charge is 0.293 e. The number of carbonyl (C=O) groups is 1. The average molecular weight is 216 g/mol. The maximum absolute atomic E-state index is 11.2. The summed E-state index contributed by atoms with van der Waals surface area (Å²) in [5, 5.41) is 11.2. The lowest BCUT2D eigenvalue weighted by Gasteiger charge is -2.10. The number of hydrogen-bond donors (Lipinski definition) is 2. The van der Waals surface area contributed by atoms with Crippen LogP contribution in [0.3, 0.4) is 0 Å². The number of carbonyl (C=O) groups excluding carboxylic acids is 1. The van der Waals surface area contributed by atoms with Gasteiger partial charge in [0.15, 0.2) is 0 Å². The summed E-state index contributed by atoms with van der Waals surface area (Å²) in [6.45, 7) is 1.90. The molecule has 7 nitrogen and oxygen atoms in total. The third kappa shape index (κ3) is 2.42. The SMILES string of the molecule is CCC(Sc1nnnn1C)C(=O)NN. The zero-order valence-corrected chi connectivity index (χ0v) is 8.78. The molecule has 1 unspecified atom stereocenters. The summed E-state index contributed by atoms with van der Waals surface area (Å²) in [7, 11) is 1.72. The van der Waals surface area contributed by atoms with Crippen molar-refractivity contribution in [1.29, 1.82) is 0 Å². The van der Waals surface area contributed by atoms with Crippen LogP contribution in [0, 0.1) is 0 Å². The van der Waals surface area contributed by atoms with Crippen LogP contribution in [-0.4, -0.2) is 31.4 Å². The molecule has 1 atom stereocenters. The average Bonchev–Trinajstić information content (AvgIpc) is 2.59. The molecule has 0 saturated carbocycles. The molecule has 14 heavy (non-hydrogen) atoms. The zero-order valence-electron chi connectivity index (χ0n) is 7.97. The fourth-order valence-electron chi connectivity index (χ4n) is 0.864. The fourth-order valence-corrected chi connectivity index (χ4v) is 1.73. The smallest absolute Gasteiger partial charge is 0.247 e. The number of nitrogens with zero attached hydrogens (tertiary/aromatic N) is 4. The number of thioether (sulfide) groups is 1. The van der Waals surface area contributed by atoms with Crippen molar-refractivity contribution < 1.29 is 4.79 Å². The highest BCUT2D eigenvalue weighted by atomic mass is 32.2. The molecule has 0 aliphatic carbocycles. The molecule has 0 bridgehead atoms. The summed E-state index contributed by atoms with van der Waals surface area (Å²) in [4.78, 5) is 11.2. The first-order valence-corrected chi connectivity index (χ1v) is 4.96. The van der Waals surface area contributed by atoms with E-state index in [1.54, 1.807) is 7.05 Å². The Morgan fingerprint density at radius 3 is 2.93 bits per heavy atom. The normalized spacial score (nSPS) is 12.5. The maximum atomic E-state index is 11.2. The van der Waals surface area contributed by atoms with Crippen LogP contribution < -0.4 is 11.3 Å². The van der Waals surface area contributed by atoms with Gasteiger partial charge in [0.2, 0.25) is 11.1 Å². The van der Waals surface area contributed by atoms with Crippen molar-refractivity contribution in [1.82, 2.24) is 25.6 Å². The van der Waals surface area contributed by atoms with Crippen molar-refractivity contribution >= 4 is 17.7 Å². The van der Waals surface area contributed by atoms with Crippen LogP contribution in [-0.2, 0) is 11.8 Å². The molecular formula is C6H12N6OS. The van der Waals surface area contributed by atoms with Crippen LogP contribution in [0.2, 0.25) is 0 Å². The highest BCUT2D eigenvalue weighted by Gasteiger charge is 2.19. The first-order valence-electron chi connectivity index (χ1n) is 4.08. The Morgan fingerprint density at radius 2 is 2.50 bits per heavy atom. The second-order valence-electron chi connectivity index (χ2n) is 2.61. The highest BCUT2D eigenvalue weighted by Crippen LogP contribution is 2.21. The van der Waals surface area contributed by atoms with Crippen LogP contribution in [0.25, 0.3) is 0 Å². The minimum absolute atomic E-state index is 0.222. The van der Waals surface area contributed by atoms with Crippen LogP contribution in [0.4, 0.5) is 0 Å². The third-order valence-corrected chi connectivity index (χ3v) is 3.02. The van der Waals surface area contributed by atoms with Crippen molar-refractivity contribution in [3.05, 3.63) is 0 Å². The summed E-state index contributed by atoms with van der Waals surface area (Å²) in [6, 6.07) is 0. The van der Waals surface area contributed by atoms with E-state index in [1.807, 2.05) is 6.92 Å². The molecule has 0 spiro atoms. The first-order chi connectivity index (χ1) is 6.69. The van der Waals surface area contributed by atoms with E-state index >= 15 is 0 Å². The van der Waals surface area contributed by atoms with Gasteiger partial charge in [-0.25, -0.2) is 10.5 Å². The molecule has 1 aromatic rings. The molecule has 1 heterocycles. The predicted molar refractivity (Wildman–Crippen MR) is 51.1 cm³/mol. The second kappa shape index (κ2) is 4.91. The van der Waals surface area contributed by atoms with Gasteiger partial charge in [0.25, 0.3) is 0 Å². The van der Waals surface area contributed by atoms with E-state index in [0.717, 1.165) is 0 Å². The topological polar surface area (TPSA) is 98.7 Å². The van der Waals surface area contributed by atoms with Crippen molar-refractivity contribution in [2.45, 2.75) is 23.8 Å². The number of hydrogen-bond acceptors (Lipinski definition) is 6. The van der Waals surface area contributed by atoms with E-state index in [-0.39, 0.29) is 11.2 Å². The van der Waals surface area contributed by atoms with Crippen molar-refractivity contribution in [2.24, 2.45) is 12.9 Å². The summed E-state index contributed by atoms with van der Waals surface area (Å²) in [5.41, 5.74) is 2.11. The molecule has 0 radical (unpaired) electrons. The van der Waals surface area contributed by atoms with Gasteiger partial charge >= 0.3 is 0 Å². The minimum Gasteiger partial charge on any atom is -0.293 e.